The Bertz CT molecular complexity index is 1240. The molecule has 1 N–H and O–H groups in total. The van der Waals surface area contributed by atoms with E-state index >= 15 is 0 Å². The van der Waals surface area contributed by atoms with Gasteiger partial charge in [0.1, 0.15) is 23.6 Å². The smallest absolute Gasteiger partial charge is 0.420 e. The molecule has 1 fully saturated rings. The van der Waals surface area contributed by atoms with Gasteiger partial charge >= 0.3 is 12.1 Å². The lowest BCUT2D eigenvalue weighted by Crippen LogP contribution is -2.54. The van der Waals surface area contributed by atoms with E-state index in [2.05, 4.69) is 0 Å². The first kappa shape index (κ1) is 31.6. The Morgan fingerprint density at radius 2 is 1.68 bits per heavy atom. The summed E-state index contributed by atoms with van der Waals surface area (Å²) in [7, 11) is -1.71. The van der Waals surface area contributed by atoms with Gasteiger partial charge in [0.2, 0.25) is 5.92 Å². The zero-order chi connectivity index (χ0) is 30.1. The summed E-state index contributed by atoms with van der Waals surface area (Å²) in [6.45, 7) is 1.69. The summed E-state index contributed by atoms with van der Waals surface area (Å²) >= 11 is 0. The standard InChI is InChI=1S/C22H19F6NO4S.C4H8F2/c23-13-2-4-14(5-3-13)29-6-1-7-34(32)18-9-17(15(8-16(18)29)22(26,27)28)33-12-20(19(30)31)10-21(24,25)11-20;1-3-4(2,5)6/h2-5,8-9H,1,6-7,10-12H2,(H,30,31);3H2,1-2H3. The lowest BCUT2D eigenvalue weighted by atomic mass is 9.66. The van der Waals surface area contributed by atoms with Crippen LogP contribution in [0.1, 0.15) is 45.1 Å². The predicted molar refractivity (Wildman–Crippen MR) is 131 cm³/mol. The van der Waals surface area contributed by atoms with Crippen LogP contribution in [-0.2, 0) is 21.8 Å². The topological polar surface area (TPSA) is 66.8 Å². The number of aliphatic carboxylic acids is 1. The summed E-state index contributed by atoms with van der Waals surface area (Å²) in [6, 6.07) is 6.76. The molecule has 0 radical (unpaired) electrons. The average Bonchev–Trinajstić information content (AvgIpc) is 2.99. The molecule has 0 aromatic heterocycles. The van der Waals surface area contributed by atoms with Crippen molar-refractivity contribution in [3.8, 4) is 5.75 Å². The van der Waals surface area contributed by atoms with Crippen LogP contribution in [0.2, 0.25) is 0 Å². The van der Waals surface area contributed by atoms with Crippen molar-refractivity contribution < 1.29 is 54.0 Å². The highest BCUT2D eigenvalue weighted by molar-refractivity contribution is 7.85. The van der Waals surface area contributed by atoms with Crippen LogP contribution in [-0.4, -0.2) is 46.0 Å². The Morgan fingerprint density at radius 3 is 2.15 bits per heavy atom. The number of hydrogen-bond donors (Lipinski definition) is 1. The maximum Gasteiger partial charge on any atom is 0.420 e. The highest BCUT2D eigenvalue weighted by atomic mass is 32.2. The lowest BCUT2D eigenvalue weighted by molar-refractivity contribution is -0.200. The molecular weight excluding hydrogens is 574 g/mol. The number of halogens is 8. The van der Waals surface area contributed by atoms with Crippen molar-refractivity contribution in [2.75, 3.05) is 23.8 Å². The van der Waals surface area contributed by atoms with Crippen molar-refractivity contribution in [1.29, 1.82) is 0 Å². The molecule has 1 aliphatic carbocycles. The number of carboxylic acid groups (broad SMARTS) is 1. The maximum absolute atomic E-state index is 13.9. The minimum atomic E-state index is -4.94. The molecule has 1 heterocycles. The van der Waals surface area contributed by atoms with Crippen molar-refractivity contribution in [3.63, 3.8) is 0 Å². The molecule has 40 heavy (non-hydrogen) atoms. The Kier molecular flexibility index (Phi) is 9.12. The number of alkyl halides is 7. The number of nitrogens with zero attached hydrogens (tertiary/aromatic N) is 1. The third-order valence-corrected chi connectivity index (χ3v) is 8.00. The number of benzene rings is 2. The van der Waals surface area contributed by atoms with Gasteiger partial charge in [-0.25, -0.2) is 22.0 Å². The first-order valence-electron chi connectivity index (χ1n) is 12.2. The number of carboxylic acids is 1. The summed E-state index contributed by atoms with van der Waals surface area (Å²) in [6.07, 6.45) is -6.73. The molecule has 1 saturated carbocycles. The van der Waals surface area contributed by atoms with Crippen LogP contribution in [0, 0.1) is 11.2 Å². The molecule has 0 saturated heterocycles. The number of rotatable bonds is 6. The van der Waals surface area contributed by atoms with Gasteiger partial charge < -0.3 is 14.7 Å². The van der Waals surface area contributed by atoms with Crippen LogP contribution in [0.25, 0.3) is 0 Å². The largest absolute Gasteiger partial charge is 0.492 e. The third kappa shape index (κ3) is 7.43. The van der Waals surface area contributed by atoms with Gasteiger partial charge in [-0.05, 0) is 49.7 Å². The van der Waals surface area contributed by atoms with E-state index in [1.54, 1.807) is 0 Å². The van der Waals surface area contributed by atoms with Crippen LogP contribution in [0.3, 0.4) is 0 Å². The normalized spacial score (nSPS) is 19.9. The number of ether oxygens (including phenoxy) is 1. The summed E-state index contributed by atoms with van der Waals surface area (Å²) in [5.74, 6) is -8.46. The number of fused-ring (bicyclic) bond motifs is 1. The second kappa shape index (κ2) is 11.5. The fourth-order valence-electron chi connectivity index (χ4n) is 4.23. The number of hydrogen-bond acceptors (Lipinski definition) is 4. The molecule has 222 valence electrons. The van der Waals surface area contributed by atoms with Crippen molar-refractivity contribution in [2.24, 2.45) is 5.41 Å². The monoisotopic (exact) mass is 601 g/mol. The molecule has 2 aliphatic rings. The molecular formula is C26H27F8NO4S. The van der Waals surface area contributed by atoms with Gasteiger partial charge in [0.15, 0.2) is 0 Å². The maximum atomic E-state index is 13.9. The Balaban J connectivity index is 0.000000663. The van der Waals surface area contributed by atoms with Gasteiger partial charge in [0.05, 0.1) is 26.9 Å². The van der Waals surface area contributed by atoms with Crippen molar-refractivity contribution in [1.82, 2.24) is 0 Å². The molecule has 2 aromatic rings. The summed E-state index contributed by atoms with van der Waals surface area (Å²) in [5, 5.41) is 9.36. The molecule has 0 amide bonds. The van der Waals surface area contributed by atoms with Crippen LogP contribution >= 0.6 is 0 Å². The molecule has 4 rings (SSSR count). The summed E-state index contributed by atoms with van der Waals surface area (Å²) in [4.78, 5) is 13.0. The SMILES string of the molecule is CCC(C)(F)F.O=C(O)C1(COc2cc3c(cc2C(F)(F)F)N(c2ccc(F)cc2)CCCS3=O)CC(F)(F)C1. The minimum absolute atomic E-state index is 0.00904. The van der Waals surface area contributed by atoms with E-state index in [9.17, 15) is 49.2 Å². The highest BCUT2D eigenvalue weighted by Gasteiger charge is 2.62. The van der Waals surface area contributed by atoms with Crippen LogP contribution in [0.5, 0.6) is 5.75 Å². The Morgan fingerprint density at radius 1 is 1.10 bits per heavy atom. The lowest BCUT2D eigenvalue weighted by Gasteiger charge is -2.43. The predicted octanol–water partition coefficient (Wildman–Crippen LogP) is 7.42. The van der Waals surface area contributed by atoms with Crippen molar-refractivity contribution in [2.45, 2.75) is 62.4 Å². The second-order valence-electron chi connectivity index (χ2n) is 9.85. The Hall–Kier alpha value is -2.90. The first-order valence-corrected chi connectivity index (χ1v) is 13.5. The zero-order valence-corrected chi connectivity index (χ0v) is 22.3. The van der Waals surface area contributed by atoms with E-state index in [-0.39, 0.29) is 29.3 Å². The first-order chi connectivity index (χ1) is 18.4. The van der Waals surface area contributed by atoms with E-state index in [1.165, 1.54) is 24.0 Å². The van der Waals surface area contributed by atoms with E-state index < -0.39 is 76.8 Å². The molecule has 14 heteroatoms. The van der Waals surface area contributed by atoms with Gasteiger partial charge in [-0.2, -0.15) is 13.2 Å². The zero-order valence-electron chi connectivity index (χ0n) is 21.5. The fraction of sp³-hybridized carbons (Fsp3) is 0.500. The number of anilines is 2. The quantitative estimate of drug-likeness (QED) is 0.349. The van der Waals surface area contributed by atoms with E-state index in [0.717, 1.165) is 31.2 Å². The molecule has 1 aliphatic heterocycles. The highest BCUT2D eigenvalue weighted by Crippen LogP contribution is 2.53. The number of carbonyl (C=O) groups is 1. The van der Waals surface area contributed by atoms with Crippen LogP contribution in [0.15, 0.2) is 41.3 Å². The molecule has 0 spiro atoms. The van der Waals surface area contributed by atoms with E-state index in [1.807, 2.05) is 0 Å². The molecule has 1 atom stereocenters. The second-order valence-corrected chi connectivity index (χ2v) is 11.4. The Labute approximate surface area is 227 Å². The van der Waals surface area contributed by atoms with E-state index in [0.29, 0.717) is 12.1 Å². The molecule has 0 bridgehead atoms. The average molecular weight is 602 g/mol. The third-order valence-electron chi connectivity index (χ3n) is 6.52. The van der Waals surface area contributed by atoms with Gasteiger partial charge in [-0.15, -0.1) is 0 Å². The van der Waals surface area contributed by atoms with Gasteiger partial charge in [0.25, 0.3) is 5.92 Å². The fourth-order valence-corrected chi connectivity index (χ4v) is 5.48. The van der Waals surface area contributed by atoms with Gasteiger partial charge in [0, 0.05) is 37.2 Å². The van der Waals surface area contributed by atoms with Crippen LogP contribution in [0.4, 0.5) is 46.5 Å². The molecule has 5 nitrogen and oxygen atoms in total. The van der Waals surface area contributed by atoms with Gasteiger partial charge in [-0.3, -0.25) is 9.00 Å². The molecule has 2 aromatic carbocycles. The van der Waals surface area contributed by atoms with Gasteiger partial charge in [-0.1, -0.05) is 6.92 Å². The summed E-state index contributed by atoms with van der Waals surface area (Å²) in [5.41, 5.74) is -2.89. The molecule has 1 unspecified atom stereocenters. The van der Waals surface area contributed by atoms with Crippen molar-refractivity contribution in [3.05, 3.63) is 47.8 Å². The van der Waals surface area contributed by atoms with E-state index in [4.69, 9.17) is 4.74 Å². The van der Waals surface area contributed by atoms with Crippen molar-refractivity contribution >= 4 is 28.1 Å². The minimum Gasteiger partial charge on any atom is -0.492 e. The summed E-state index contributed by atoms with van der Waals surface area (Å²) < 4.78 is 123. The van der Waals surface area contributed by atoms with Crippen LogP contribution < -0.4 is 9.64 Å².